The van der Waals surface area contributed by atoms with Gasteiger partial charge in [-0.2, -0.15) is 0 Å². The molecule has 0 aliphatic heterocycles. The van der Waals surface area contributed by atoms with Crippen molar-refractivity contribution in [3.63, 3.8) is 0 Å². The number of rotatable bonds is 6. The molecule has 0 saturated heterocycles. The van der Waals surface area contributed by atoms with E-state index < -0.39 is 11.5 Å². The van der Waals surface area contributed by atoms with Crippen molar-refractivity contribution in [1.29, 1.82) is 0 Å². The maximum atomic E-state index is 10.9. The number of nitrogens with two attached hydrogens (primary N) is 1. The Balaban J connectivity index is 4.25. The maximum absolute atomic E-state index is 10.9. The van der Waals surface area contributed by atoms with Crippen molar-refractivity contribution < 1.29 is 9.90 Å². The van der Waals surface area contributed by atoms with Crippen LogP contribution in [-0.2, 0) is 4.79 Å². The molecule has 0 heterocycles. The fourth-order valence-electron chi connectivity index (χ4n) is 1.52. The van der Waals surface area contributed by atoms with Crippen molar-refractivity contribution in [2.75, 3.05) is 0 Å². The van der Waals surface area contributed by atoms with Crippen LogP contribution in [0.25, 0.3) is 0 Å². The van der Waals surface area contributed by atoms with Gasteiger partial charge in [0.05, 0.1) is 0 Å². The zero-order valence-corrected chi connectivity index (χ0v) is 8.84. The second-order valence-corrected chi connectivity index (χ2v) is 4.16. The molecule has 0 fully saturated rings. The lowest BCUT2D eigenvalue weighted by Crippen LogP contribution is -2.48. The zero-order chi connectivity index (χ0) is 10.5. The van der Waals surface area contributed by atoms with Gasteiger partial charge < -0.3 is 10.8 Å². The molecule has 3 heteroatoms. The molecule has 3 N–H and O–H groups in total. The Bertz CT molecular complexity index is 168. The number of carbonyl (C=O) groups is 1. The lowest BCUT2D eigenvalue weighted by atomic mass is 9.85. The Morgan fingerprint density at radius 2 is 2.08 bits per heavy atom. The first-order valence-electron chi connectivity index (χ1n) is 4.94. The predicted molar refractivity (Wildman–Crippen MR) is 53.5 cm³/mol. The van der Waals surface area contributed by atoms with E-state index in [0.717, 1.165) is 12.8 Å². The maximum Gasteiger partial charge on any atom is 0.323 e. The van der Waals surface area contributed by atoms with Crippen molar-refractivity contribution in [3.8, 4) is 0 Å². The molecule has 0 bridgehead atoms. The smallest absolute Gasteiger partial charge is 0.323 e. The van der Waals surface area contributed by atoms with Crippen LogP contribution in [-0.4, -0.2) is 16.6 Å². The Morgan fingerprint density at radius 3 is 2.38 bits per heavy atom. The lowest BCUT2D eigenvalue weighted by molar-refractivity contribution is -0.144. The third-order valence-corrected chi connectivity index (χ3v) is 2.17. The third-order valence-electron chi connectivity index (χ3n) is 2.17. The van der Waals surface area contributed by atoms with E-state index >= 15 is 0 Å². The van der Waals surface area contributed by atoms with E-state index in [2.05, 4.69) is 0 Å². The van der Waals surface area contributed by atoms with E-state index in [1.807, 2.05) is 20.8 Å². The highest BCUT2D eigenvalue weighted by molar-refractivity contribution is 5.78. The minimum Gasteiger partial charge on any atom is -0.480 e. The molecule has 0 aromatic heterocycles. The van der Waals surface area contributed by atoms with Crippen LogP contribution >= 0.6 is 0 Å². The summed E-state index contributed by atoms with van der Waals surface area (Å²) in [5.74, 6) is -0.535. The molecular formula is C10H21NO2. The van der Waals surface area contributed by atoms with Gasteiger partial charge in [0, 0.05) is 0 Å². The molecular weight excluding hydrogens is 166 g/mol. The van der Waals surface area contributed by atoms with Crippen molar-refractivity contribution in [1.82, 2.24) is 0 Å². The molecule has 78 valence electrons. The second-order valence-electron chi connectivity index (χ2n) is 4.16. The largest absolute Gasteiger partial charge is 0.480 e. The summed E-state index contributed by atoms with van der Waals surface area (Å²) in [6.45, 7) is 6.03. The summed E-state index contributed by atoms with van der Waals surface area (Å²) in [6.07, 6.45) is 3.01. The van der Waals surface area contributed by atoms with Gasteiger partial charge in [0.2, 0.25) is 0 Å². The molecule has 0 saturated carbocycles. The number of aliphatic carboxylic acids is 1. The van der Waals surface area contributed by atoms with Gasteiger partial charge in [-0.15, -0.1) is 0 Å². The van der Waals surface area contributed by atoms with Crippen LogP contribution in [0.3, 0.4) is 0 Å². The van der Waals surface area contributed by atoms with Crippen molar-refractivity contribution >= 4 is 5.97 Å². The molecule has 3 nitrogen and oxygen atoms in total. The van der Waals surface area contributed by atoms with Crippen LogP contribution in [0.4, 0.5) is 0 Å². The van der Waals surface area contributed by atoms with Gasteiger partial charge in [-0.1, -0.05) is 33.6 Å². The predicted octanol–water partition coefficient (Wildman–Crippen LogP) is 2.00. The van der Waals surface area contributed by atoms with Crippen LogP contribution in [0.15, 0.2) is 0 Å². The topological polar surface area (TPSA) is 63.3 Å². The number of hydrogen-bond acceptors (Lipinski definition) is 2. The molecule has 0 aromatic rings. The van der Waals surface area contributed by atoms with Crippen LogP contribution in [0.5, 0.6) is 0 Å². The summed E-state index contributed by atoms with van der Waals surface area (Å²) in [5, 5.41) is 8.98. The van der Waals surface area contributed by atoms with Gasteiger partial charge in [-0.05, 0) is 18.8 Å². The second kappa shape index (κ2) is 5.22. The van der Waals surface area contributed by atoms with E-state index in [0.29, 0.717) is 18.8 Å². The van der Waals surface area contributed by atoms with Gasteiger partial charge in [0.25, 0.3) is 0 Å². The average molecular weight is 187 g/mol. The fraction of sp³-hybridized carbons (Fsp3) is 0.900. The van der Waals surface area contributed by atoms with Crippen LogP contribution < -0.4 is 5.73 Å². The van der Waals surface area contributed by atoms with Crippen LogP contribution in [0.2, 0.25) is 0 Å². The standard InChI is InChI=1S/C10H21NO2/c1-4-5-6-10(11,9(12)13)7-8(2)3/h8H,4-7,11H2,1-3H3,(H,12,13). The van der Waals surface area contributed by atoms with Crippen molar-refractivity contribution in [2.24, 2.45) is 11.7 Å². The molecule has 0 aliphatic carbocycles. The Morgan fingerprint density at radius 1 is 1.54 bits per heavy atom. The van der Waals surface area contributed by atoms with E-state index in [4.69, 9.17) is 10.8 Å². The highest BCUT2D eigenvalue weighted by Crippen LogP contribution is 2.20. The van der Waals surface area contributed by atoms with E-state index in [1.165, 1.54) is 0 Å². The van der Waals surface area contributed by atoms with Gasteiger partial charge in [-0.25, -0.2) is 0 Å². The molecule has 0 amide bonds. The monoisotopic (exact) mass is 187 g/mol. The number of carboxylic acid groups (broad SMARTS) is 1. The summed E-state index contributed by atoms with van der Waals surface area (Å²) in [6, 6.07) is 0. The van der Waals surface area contributed by atoms with Crippen molar-refractivity contribution in [2.45, 2.75) is 52.0 Å². The highest BCUT2D eigenvalue weighted by atomic mass is 16.4. The molecule has 1 unspecified atom stereocenters. The highest BCUT2D eigenvalue weighted by Gasteiger charge is 2.33. The normalized spacial score (nSPS) is 15.8. The van der Waals surface area contributed by atoms with Crippen LogP contribution in [0.1, 0.15) is 46.5 Å². The fourth-order valence-corrected chi connectivity index (χ4v) is 1.52. The quantitative estimate of drug-likeness (QED) is 0.668. The summed E-state index contributed by atoms with van der Waals surface area (Å²) >= 11 is 0. The third kappa shape index (κ3) is 4.27. The van der Waals surface area contributed by atoms with E-state index in [1.54, 1.807) is 0 Å². The van der Waals surface area contributed by atoms with Crippen molar-refractivity contribution in [3.05, 3.63) is 0 Å². The zero-order valence-electron chi connectivity index (χ0n) is 8.84. The minimum absolute atomic E-state index is 0.331. The first-order chi connectivity index (χ1) is 5.92. The Labute approximate surface area is 80.3 Å². The van der Waals surface area contributed by atoms with E-state index in [9.17, 15) is 4.79 Å². The number of hydrogen-bond donors (Lipinski definition) is 2. The molecule has 13 heavy (non-hydrogen) atoms. The SMILES string of the molecule is CCCCC(N)(CC(C)C)C(=O)O. The Hall–Kier alpha value is -0.570. The van der Waals surface area contributed by atoms with Gasteiger partial charge >= 0.3 is 5.97 Å². The molecule has 0 aliphatic rings. The van der Waals surface area contributed by atoms with Gasteiger partial charge in [0.15, 0.2) is 0 Å². The summed E-state index contributed by atoms with van der Waals surface area (Å²) in [4.78, 5) is 10.9. The minimum atomic E-state index is -1.01. The number of carboxylic acids is 1. The van der Waals surface area contributed by atoms with E-state index in [-0.39, 0.29) is 0 Å². The Kier molecular flexibility index (Phi) is 4.99. The molecule has 0 spiro atoms. The summed E-state index contributed by atoms with van der Waals surface area (Å²) < 4.78 is 0. The van der Waals surface area contributed by atoms with Gasteiger partial charge in [0.1, 0.15) is 5.54 Å². The molecule has 0 radical (unpaired) electrons. The average Bonchev–Trinajstić information content (AvgIpc) is 1.99. The lowest BCUT2D eigenvalue weighted by Gasteiger charge is -2.26. The first-order valence-corrected chi connectivity index (χ1v) is 4.94. The first kappa shape index (κ1) is 12.4. The summed E-state index contributed by atoms with van der Waals surface area (Å²) in [7, 11) is 0. The number of unbranched alkanes of at least 4 members (excludes halogenated alkanes) is 1. The molecule has 1 atom stereocenters. The molecule has 0 aromatic carbocycles. The molecule has 0 rings (SSSR count). The van der Waals surface area contributed by atoms with Gasteiger partial charge in [-0.3, -0.25) is 4.79 Å². The summed E-state index contributed by atoms with van der Waals surface area (Å²) in [5.41, 5.74) is 4.82. The van der Waals surface area contributed by atoms with Crippen LogP contribution in [0, 0.1) is 5.92 Å².